The Bertz CT molecular complexity index is 619. The molecule has 0 saturated heterocycles. The highest BCUT2D eigenvalue weighted by molar-refractivity contribution is 8.93. The summed E-state index contributed by atoms with van der Waals surface area (Å²) in [5.74, 6) is 0.882. The lowest BCUT2D eigenvalue weighted by molar-refractivity contribution is 0.641. The number of hydrogen-bond donors (Lipinski definition) is 0. The fourth-order valence-corrected chi connectivity index (χ4v) is 3.06. The molecule has 6 heteroatoms. The van der Waals surface area contributed by atoms with Crippen molar-refractivity contribution in [2.75, 3.05) is 5.75 Å². The molecule has 0 saturated carbocycles. The Labute approximate surface area is 133 Å². The normalized spacial score (nSPS) is 13.4. The van der Waals surface area contributed by atoms with Gasteiger partial charge in [-0.15, -0.1) is 26.9 Å². The van der Waals surface area contributed by atoms with E-state index >= 15 is 0 Å². The quantitative estimate of drug-likeness (QED) is 0.849. The molecule has 3 rings (SSSR count). The Hall–Kier alpha value is -1.14. The van der Waals surface area contributed by atoms with Crippen molar-refractivity contribution < 1.29 is 0 Å². The third-order valence-electron chi connectivity index (χ3n) is 3.11. The molecule has 2 aromatic rings. The summed E-state index contributed by atoms with van der Waals surface area (Å²) in [6.07, 6.45) is 2.05. The Morgan fingerprint density at radius 2 is 2.00 bits per heavy atom. The van der Waals surface area contributed by atoms with Crippen molar-refractivity contribution in [3.05, 3.63) is 41.1 Å². The summed E-state index contributed by atoms with van der Waals surface area (Å²) in [5, 5.41) is 14.0. The van der Waals surface area contributed by atoms with Crippen LogP contribution < -0.4 is 0 Å². The zero-order chi connectivity index (χ0) is 13.2. The van der Waals surface area contributed by atoms with E-state index < -0.39 is 0 Å². The van der Waals surface area contributed by atoms with Gasteiger partial charge in [-0.2, -0.15) is 5.10 Å². The van der Waals surface area contributed by atoms with Crippen molar-refractivity contribution in [1.82, 2.24) is 15.1 Å². The summed E-state index contributed by atoms with van der Waals surface area (Å²) < 4.78 is 0. The van der Waals surface area contributed by atoms with Crippen LogP contribution in [0, 0.1) is 6.92 Å². The minimum atomic E-state index is 0. The van der Waals surface area contributed by atoms with Crippen LogP contribution in [0.3, 0.4) is 0 Å². The maximum atomic E-state index is 4.59. The first-order chi connectivity index (χ1) is 9.28. The molecular formula is C14H17BrN4S. The molecule has 0 amide bonds. The van der Waals surface area contributed by atoms with Crippen molar-refractivity contribution in [2.45, 2.75) is 31.7 Å². The van der Waals surface area contributed by atoms with Gasteiger partial charge in [-0.05, 0) is 24.1 Å². The van der Waals surface area contributed by atoms with Gasteiger partial charge in [-0.25, -0.2) is 0 Å². The molecule has 0 N–H and O–H groups in total. The zero-order valence-corrected chi connectivity index (χ0v) is 14.1. The molecule has 4 nitrogen and oxygen atoms in total. The number of fused-ring (bicyclic) bond motifs is 1. The maximum Gasteiger partial charge on any atom is 0.144 e. The number of nitrogens with zero attached hydrogens (tertiary/aromatic N) is 4. The van der Waals surface area contributed by atoms with E-state index in [0.29, 0.717) is 0 Å². The lowest BCUT2D eigenvalue weighted by Crippen LogP contribution is -2.14. The summed E-state index contributed by atoms with van der Waals surface area (Å²) in [5.41, 5.74) is 4.56. The molecule has 106 valence electrons. The van der Waals surface area contributed by atoms with E-state index in [9.17, 15) is 0 Å². The van der Waals surface area contributed by atoms with E-state index in [1.54, 1.807) is 16.6 Å². The Kier molecular flexibility index (Phi) is 4.99. The second-order valence-electron chi connectivity index (χ2n) is 4.68. The Morgan fingerprint density at radius 3 is 2.70 bits per heavy atom. The third kappa shape index (κ3) is 2.96. The van der Waals surface area contributed by atoms with Crippen molar-refractivity contribution >= 4 is 34.5 Å². The summed E-state index contributed by atoms with van der Waals surface area (Å²) in [7, 11) is 0. The molecule has 2 heterocycles. The molecular weight excluding hydrogens is 336 g/mol. The fourth-order valence-electron chi connectivity index (χ4n) is 2.06. The molecule has 0 radical (unpaired) electrons. The predicted octanol–water partition coefficient (Wildman–Crippen LogP) is 3.48. The Balaban J connectivity index is 0.00000147. The second-order valence-corrected chi connectivity index (χ2v) is 5.65. The first-order valence-corrected chi connectivity index (χ1v) is 7.48. The molecule has 0 fully saturated rings. The molecule has 1 aliphatic rings. The SMILES string of the molecule is Br.CCCc1nnn2c1SCC(c1ccc(C)cc1)=N2. The van der Waals surface area contributed by atoms with E-state index in [-0.39, 0.29) is 17.0 Å². The third-order valence-corrected chi connectivity index (χ3v) is 4.20. The smallest absolute Gasteiger partial charge is 0.144 e. The van der Waals surface area contributed by atoms with Gasteiger partial charge < -0.3 is 0 Å². The molecule has 1 aromatic carbocycles. The van der Waals surface area contributed by atoms with Crippen molar-refractivity contribution in [3.8, 4) is 0 Å². The highest BCUT2D eigenvalue weighted by atomic mass is 79.9. The number of hydrogen-bond acceptors (Lipinski definition) is 4. The summed E-state index contributed by atoms with van der Waals surface area (Å²) in [6.45, 7) is 4.24. The molecule has 20 heavy (non-hydrogen) atoms. The molecule has 0 unspecified atom stereocenters. The topological polar surface area (TPSA) is 43.1 Å². The average Bonchev–Trinajstić information content (AvgIpc) is 2.83. The fraction of sp³-hybridized carbons (Fsp3) is 0.357. The summed E-state index contributed by atoms with van der Waals surface area (Å²) in [4.78, 5) is 1.67. The standard InChI is InChI=1S/C14H16N4S.BrH/c1-3-4-12-14-18(17-15-12)16-13(9-19-14)11-7-5-10(2)6-8-11;/h5-8H,3-4,9H2,1-2H3;1H. The maximum absolute atomic E-state index is 4.59. The van der Waals surface area contributed by atoms with Crippen LogP contribution in [0.25, 0.3) is 0 Å². The number of halogens is 1. The van der Waals surface area contributed by atoms with Crippen LogP contribution in [0.15, 0.2) is 34.4 Å². The van der Waals surface area contributed by atoms with E-state index in [1.807, 2.05) is 0 Å². The van der Waals surface area contributed by atoms with E-state index in [4.69, 9.17) is 0 Å². The van der Waals surface area contributed by atoms with E-state index in [2.05, 4.69) is 53.5 Å². The van der Waals surface area contributed by atoms with Crippen LogP contribution in [0.2, 0.25) is 0 Å². The van der Waals surface area contributed by atoms with Crippen LogP contribution in [0.4, 0.5) is 0 Å². The lowest BCUT2D eigenvalue weighted by Gasteiger charge is -2.13. The monoisotopic (exact) mass is 352 g/mol. The van der Waals surface area contributed by atoms with Gasteiger partial charge in [0.1, 0.15) is 5.03 Å². The summed E-state index contributed by atoms with van der Waals surface area (Å²) in [6, 6.07) is 8.46. The second kappa shape index (κ2) is 6.54. The lowest BCUT2D eigenvalue weighted by atomic mass is 10.1. The predicted molar refractivity (Wildman–Crippen MR) is 88.2 cm³/mol. The minimum absolute atomic E-state index is 0. The van der Waals surface area contributed by atoms with Gasteiger partial charge in [0.15, 0.2) is 0 Å². The van der Waals surface area contributed by atoms with Crippen molar-refractivity contribution in [3.63, 3.8) is 0 Å². The van der Waals surface area contributed by atoms with E-state index in [0.717, 1.165) is 40.6 Å². The molecule has 0 bridgehead atoms. The van der Waals surface area contributed by atoms with Crippen molar-refractivity contribution in [2.24, 2.45) is 5.10 Å². The minimum Gasteiger partial charge on any atom is -0.152 e. The largest absolute Gasteiger partial charge is 0.152 e. The molecule has 0 atom stereocenters. The van der Waals surface area contributed by atoms with Crippen molar-refractivity contribution in [1.29, 1.82) is 0 Å². The number of aryl methyl sites for hydroxylation is 2. The summed E-state index contributed by atoms with van der Waals surface area (Å²) >= 11 is 1.78. The van der Waals surface area contributed by atoms with E-state index in [1.165, 1.54) is 5.56 Å². The molecule has 0 spiro atoms. The molecule has 1 aliphatic heterocycles. The van der Waals surface area contributed by atoms with Gasteiger partial charge in [0.25, 0.3) is 0 Å². The number of aromatic nitrogens is 3. The Morgan fingerprint density at radius 1 is 1.25 bits per heavy atom. The highest BCUT2D eigenvalue weighted by Gasteiger charge is 2.19. The van der Waals surface area contributed by atoms with Crippen LogP contribution in [-0.2, 0) is 6.42 Å². The first kappa shape index (κ1) is 15.3. The number of benzene rings is 1. The molecule has 1 aromatic heterocycles. The number of thioether (sulfide) groups is 1. The van der Waals surface area contributed by atoms with Gasteiger partial charge in [-0.1, -0.05) is 54.9 Å². The molecule has 0 aliphatic carbocycles. The average molecular weight is 353 g/mol. The number of rotatable bonds is 3. The van der Waals surface area contributed by atoms with Gasteiger partial charge in [0.2, 0.25) is 0 Å². The van der Waals surface area contributed by atoms with Crippen LogP contribution >= 0.6 is 28.7 Å². The van der Waals surface area contributed by atoms with Crippen LogP contribution in [0.5, 0.6) is 0 Å². The van der Waals surface area contributed by atoms with Crippen LogP contribution in [-0.4, -0.2) is 26.6 Å². The van der Waals surface area contributed by atoms with Gasteiger partial charge >= 0.3 is 0 Å². The van der Waals surface area contributed by atoms with Gasteiger partial charge in [0, 0.05) is 5.75 Å². The zero-order valence-electron chi connectivity index (χ0n) is 11.5. The van der Waals surface area contributed by atoms with Crippen LogP contribution in [0.1, 0.15) is 30.2 Å². The van der Waals surface area contributed by atoms with Gasteiger partial charge in [-0.3, -0.25) is 0 Å². The highest BCUT2D eigenvalue weighted by Crippen LogP contribution is 2.27. The van der Waals surface area contributed by atoms with Gasteiger partial charge in [0.05, 0.1) is 11.4 Å². The first-order valence-electron chi connectivity index (χ1n) is 6.50.